The molecule has 0 saturated heterocycles. The first-order valence-electron chi connectivity index (χ1n) is 3.70. The molecule has 0 N–H and O–H groups in total. The molecular formula is C8H5F6N. The minimum Gasteiger partial charge on any atom is -0.343 e. The van der Waals surface area contributed by atoms with Crippen LogP contribution in [-0.4, -0.2) is 13.8 Å². The summed E-state index contributed by atoms with van der Waals surface area (Å²) in [4.78, 5) is 0.274. The second-order valence-corrected chi connectivity index (χ2v) is 2.74. The van der Waals surface area contributed by atoms with Gasteiger partial charge in [0.1, 0.15) is 5.69 Å². The van der Waals surface area contributed by atoms with Crippen LogP contribution in [0.1, 0.15) is 0 Å². The van der Waals surface area contributed by atoms with Gasteiger partial charge in [0.25, 0.3) is 0 Å². The Labute approximate surface area is 80.9 Å². The lowest BCUT2D eigenvalue weighted by Crippen LogP contribution is -2.20. The average molecular weight is 229 g/mol. The van der Waals surface area contributed by atoms with E-state index >= 15 is 0 Å². The van der Waals surface area contributed by atoms with Crippen molar-refractivity contribution in [1.29, 1.82) is 0 Å². The average Bonchev–Trinajstić information content (AvgIpc) is 2.23. The molecule has 1 nitrogen and oxygen atoms in total. The van der Waals surface area contributed by atoms with Crippen molar-refractivity contribution in [3.05, 3.63) is 29.1 Å². The number of anilines is 1. The minimum absolute atomic E-state index is 0.274. The summed E-state index contributed by atoms with van der Waals surface area (Å²) >= 11 is 0. The fraction of sp³-hybridized carbons (Fsp3) is 0.250. The Morgan fingerprint density at radius 3 is 1.47 bits per heavy atom. The molecule has 0 aromatic heterocycles. The van der Waals surface area contributed by atoms with Gasteiger partial charge in [-0.1, -0.05) is 0 Å². The Bertz CT molecular complexity index is 362. The molecule has 84 valence electrons. The molecule has 0 heterocycles. The van der Waals surface area contributed by atoms with Crippen LogP contribution in [0, 0.1) is 29.1 Å². The quantitative estimate of drug-likeness (QED) is 0.326. The molecule has 7 heteroatoms. The molecule has 0 aliphatic carbocycles. The molecule has 0 amide bonds. The Morgan fingerprint density at radius 1 is 0.800 bits per heavy atom. The lowest BCUT2D eigenvalue weighted by atomic mass is 10.2. The molecular weight excluding hydrogens is 224 g/mol. The zero-order chi connectivity index (χ0) is 11.7. The highest BCUT2D eigenvalue weighted by atomic mass is 19.2. The van der Waals surface area contributed by atoms with Crippen molar-refractivity contribution in [2.45, 2.75) is 0 Å². The Balaban J connectivity index is 3.52. The third kappa shape index (κ3) is 1.73. The molecule has 1 rings (SSSR count). The fourth-order valence-corrected chi connectivity index (χ4v) is 0.988. The smallest absolute Gasteiger partial charge is 0.200 e. The molecule has 0 saturated carbocycles. The molecule has 0 aliphatic rings. The summed E-state index contributed by atoms with van der Waals surface area (Å²) in [7, 11) is 0.859. The molecule has 1 aromatic rings. The molecule has 1 aromatic carbocycles. The largest absolute Gasteiger partial charge is 0.343 e. The lowest BCUT2D eigenvalue weighted by molar-refractivity contribution is 0.374. The maximum Gasteiger partial charge on any atom is 0.200 e. The lowest BCUT2D eigenvalue weighted by Gasteiger charge is -2.17. The van der Waals surface area contributed by atoms with Gasteiger partial charge in [-0.3, -0.25) is 0 Å². The van der Waals surface area contributed by atoms with Gasteiger partial charge in [-0.15, -0.1) is 0 Å². The third-order valence-electron chi connectivity index (χ3n) is 1.75. The molecule has 15 heavy (non-hydrogen) atoms. The van der Waals surface area contributed by atoms with Crippen LogP contribution >= 0.6 is 0 Å². The summed E-state index contributed by atoms with van der Waals surface area (Å²) < 4.78 is 75.6. The van der Waals surface area contributed by atoms with Crippen molar-refractivity contribution in [3.8, 4) is 0 Å². The van der Waals surface area contributed by atoms with Crippen LogP contribution in [0.15, 0.2) is 0 Å². The van der Waals surface area contributed by atoms with Gasteiger partial charge in [0.2, 0.25) is 5.82 Å². The van der Waals surface area contributed by atoms with E-state index in [1.54, 1.807) is 0 Å². The van der Waals surface area contributed by atoms with E-state index in [2.05, 4.69) is 0 Å². The Kier molecular flexibility index (Phi) is 3.11. The van der Waals surface area contributed by atoms with Gasteiger partial charge in [0.05, 0.1) is 0 Å². The fourth-order valence-electron chi connectivity index (χ4n) is 0.988. The second-order valence-electron chi connectivity index (χ2n) is 2.74. The van der Waals surface area contributed by atoms with Crippen molar-refractivity contribution < 1.29 is 26.3 Å². The van der Waals surface area contributed by atoms with E-state index in [9.17, 15) is 26.3 Å². The van der Waals surface area contributed by atoms with Gasteiger partial charge in [-0.05, 0) is 0 Å². The predicted octanol–water partition coefficient (Wildman–Crippen LogP) is 2.75. The monoisotopic (exact) mass is 229 g/mol. The standard InChI is InChI=1S/C8H5F6N/c1-15(2-9)8-6(13)4(11)3(10)5(12)7(8)14/h2H2,1H3. The van der Waals surface area contributed by atoms with Gasteiger partial charge < -0.3 is 4.90 Å². The van der Waals surface area contributed by atoms with Crippen LogP contribution in [0.4, 0.5) is 32.0 Å². The van der Waals surface area contributed by atoms with Crippen LogP contribution in [0.2, 0.25) is 0 Å². The first kappa shape index (κ1) is 11.7. The zero-order valence-electron chi connectivity index (χ0n) is 7.42. The Hall–Kier alpha value is -1.40. The van der Waals surface area contributed by atoms with E-state index in [-0.39, 0.29) is 4.90 Å². The highest BCUT2D eigenvalue weighted by molar-refractivity contribution is 5.49. The van der Waals surface area contributed by atoms with E-state index in [1.807, 2.05) is 0 Å². The van der Waals surface area contributed by atoms with Gasteiger partial charge in [0.15, 0.2) is 30.1 Å². The van der Waals surface area contributed by atoms with Gasteiger partial charge >= 0.3 is 0 Å². The number of hydrogen-bond donors (Lipinski definition) is 0. The first-order valence-corrected chi connectivity index (χ1v) is 3.70. The van der Waals surface area contributed by atoms with Crippen molar-refractivity contribution in [1.82, 2.24) is 0 Å². The van der Waals surface area contributed by atoms with Crippen LogP contribution in [0.5, 0.6) is 0 Å². The van der Waals surface area contributed by atoms with Gasteiger partial charge in [-0.25, -0.2) is 26.3 Å². The number of halogens is 6. The summed E-state index contributed by atoms with van der Waals surface area (Å²) in [6.45, 7) is -1.38. The summed E-state index contributed by atoms with van der Waals surface area (Å²) in [5.41, 5.74) is -1.28. The van der Waals surface area contributed by atoms with Crippen LogP contribution in [-0.2, 0) is 0 Å². The molecule has 0 radical (unpaired) electrons. The van der Waals surface area contributed by atoms with E-state index in [1.165, 1.54) is 0 Å². The van der Waals surface area contributed by atoms with Crippen molar-refractivity contribution in [2.75, 3.05) is 18.7 Å². The third-order valence-corrected chi connectivity index (χ3v) is 1.75. The highest BCUT2D eigenvalue weighted by Gasteiger charge is 2.27. The number of nitrogens with zero attached hydrogens (tertiary/aromatic N) is 1. The van der Waals surface area contributed by atoms with Crippen molar-refractivity contribution in [2.24, 2.45) is 0 Å². The molecule has 0 aliphatic heterocycles. The number of rotatable bonds is 2. The molecule has 0 fully saturated rings. The highest BCUT2D eigenvalue weighted by Crippen LogP contribution is 2.29. The van der Waals surface area contributed by atoms with Gasteiger partial charge in [0, 0.05) is 7.05 Å². The van der Waals surface area contributed by atoms with Crippen molar-refractivity contribution in [3.63, 3.8) is 0 Å². The summed E-state index contributed by atoms with van der Waals surface area (Å²) in [6.07, 6.45) is 0. The van der Waals surface area contributed by atoms with Crippen LogP contribution in [0.25, 0.3) is 0 Å². The zero-order valence-corrected chi connectivity index (χ0v) is 7.42. The second kappa shape index (κ2) is 4.00. The Morgan fingerprint density at radius 2 is 1.13 bits per heavy atom. The molecule has 0 unspecified atom stereocenters. The van der Waals surface area contributed by atoms with Crippen LogP contribution in [0.3, 0.4) is 0 Å². The maximum absolute atomic E-state index is 12.9. The van der Waals surface area contributed by atoms with E-state index < -0.39 is 41.6 Å². The SMILES string of the molecule is CN(CF)c1c(F)c(F)c(F)c(F)c1F. The van der Waals surface area contributed by atoms with E-state index in [0.29, 0.717) is 0 Å². The predicted molar refractivity (Wildman–Crippen MR) is 40.6 cm³/mol. The molecule has 0 spiro atoms. The van der Waals surface area contributed by atoms with Crippen LogP contribution < -0.4 is 4.90 Å². The normalized spacial score (nSPS) is 10.6. The topological polar surface area (TPSA) is 3.24 Å². The van der Waals surface area contributed by atoms with E-state index in [4.69, 9.17) is 0 Å². The number of alkyl halides is 1. The summed E-state index contributed by atoms with van der Waals surface area (Å²) in [5.74, 6) is -10.5. The maximum atomic E-state index is 12.9. The summed E-state index contributed by atoms with van der Waals surface area (Å²) in [6, 6.07) is 0. The van der Waals surface area contributed by atoms with E-state index in [0.717, 1.165) is 7.05 Å². The number of benzene rings is 1. The van der Waals surface area contributed by atoms with Gasteiger partial charge in [-0.2, -0.15) is 0 Å². The minimum atomic E-state index is -2.26. The number of hydrogen-bond acceptors (Lipinski definition) is 1. The summed E-state index contributed by atoms with van der Waals surface area (Å²) in [5, 5.41) is 0. The van der Waals surface area contributed by atoms with Crippen molar-refractivity contribution >= 4 is 5.69 Å². The molecule has 0 atom stereocenters. The molecule has 0 bridgehead atoms. The first-order chi connectivity index (χ1) is 6.91.